The minimum Gasteiger partial charge on any atom is -0.462 e. The van der Waals surface area contributed by atoms with Gasteiger partial charge in [-0.15, -0.1) is 0 Å². The maximum absolute atomic E-state index is 13.0. The molecule has 0 amide bonds. The lowest BCUT2D eigenvalue weighted by Crippen LogP contribution is -2.30. The van der Waals surface area contributed by atoms with Crippen molar-refractivity contribution in [3.05, 3.63) is 0 Å². The minimum atomic E-state index is -4.95. The third-order valence-electron chi connectivity index (χ3n) is 15.3. The zero-order valence-electron chi connectivity index (χ0n) is 54.2. The van der Waals surface area contributed by atoms with Crippen molar-refractivity contribution in [1.82, 2.24) is 0 Å². The molecule has 0 aromatic rings. The van der Waals surface area contributed by atoms with Crippen molar-refractivity contribution in [2.45, 2.75) is 342 Å². The van der Waals surface area contributed by atoms with E-state index in [4.69, 9.17) is 37.0 Å². The molecule has 84 heavy (non-hydrogen) atoms. The second kappa shape index (κ2) is 57.5. The number of phosphoric acid groups is 2. The molecule has 0 rings (SSSR count). The lowest BCUT2D eigenvalue weighted by atomic mass is 9.99. The van der Waals surface area contributed by atoms with E-state index in [2.05, 4.69) is 41.5 Å². The topological polar surface area (TPSA) is 237 Å². The van der Waals surface area contributed by atoms with Gasteiger partial charge in [-0.1, -0.05) is 273 Å². The van der Waals surface area contributed by atoms with Crippen molar-refractivity contribution in [2.24, 2.45) is 11.8 Å². The second-order valence-corrected chi connectivity index (χ2v) is 27.1. The summed E-state index contributed by atoms with van der Waals surface area (Å²) in [5.74, 6) is -0.552. The first-order valence-electron chi connectivity index (χ1n) is 34.0. The van der Waals surface area contributed by atoms with Crippen LogP contribution in [0.25, 0.3) is 0 Å². The van der Waals surface area contributed by atoms with Gasteiger partial charge in [0.15, 0.2) is 12.2 Å². The van der Waals surface area contributed by atoms with E-state index in [0.717, 1.165) is 121 Å². The second-order valence-electron chi connectivity index (χ2n) is 24.2. The molecule has 0 aliphatic carbocycles. The molecule has 0 saturated carbocycles. The third kappa shape index (κ3) is 57.8. The molecule has 0 aromatic heterocycles. The molecule has 0 radical (unpaired) electrons. The van der Waals surface area contributed by atoms with Crippen LogP contribution >= 0.6 is 15.6 Å². The van der Waals surface area contributed by atoms with E-state index in [1.165, 1.54) is 122 Å². The highest BCUT2D eigenvalue weighted by atomic mass is 31.2. The highest BCUT2D eigenvalue weighted by molar-refractivity contribution is 7.47. The van der Waals surface area contributed by atoms with Gasteiger partial charge in [0.2, 0.25) is 0 Å². The molecular formula is C65H126O17P2. The molecule has 0 saturated heterocycles. The number of hydrogen-bond donors (Lipinski definition) is 3. The van der Waals surface area contributed by atoms with Crippen LogP contribution in [-0.2, 0) is 65.4 Å². The van der Waals surface area contributed by atoms with Crippen molar-refractivity contribution in [3.63, 3.8) is 0 Å². The quantitative estimate of drug-likeness (QED) is 0.0222. The Hall–Kier alpha value is -1.94. The largest absolute Gasteiger partial charge is 0.472 e. The summed E-state index contributed by atoms with van der Waals surface area (Å²) in [6, 6.07) is 0. The summed E-state index contributed by atoms with van der Waals surface area (Å²) in [6.45, 7) is 9.48. The van der Waals surface area contributed by atoms with Gasteiger partial charge in [0.05, 0.1) is 26.4 Å². The van der Waals surface area contributed by atoms with Crippen molar-refractivity contribution >= 4 is 39.5 Å². The molecule has 0 aliphatic heterocycles. The molecule has 3 N–H and O–H groups in total. The number of esters is 4. The molecule has 19 heteroatoms. The van der Waals surface area contributed by atoms with Gasteiger partial charge in [0.1, 0.15) is 19.3 Å². The van der Waals surface area contributed by atoms with Crippen molar-refractivity contribution < 1.29 is 80.2 Å². The van der Waals surface area contributed by atoms with E-state index in [1.807, 2.05) is 0 Å². The number of phosphoric ester groups is 2. The SMILES string of the molecule is CCCCCCCCCCC(=O)O[C@H](COC(=O)CCCCCCCCC)COP(=O)(O)OC[C@H](O)COP(=O)(O)OC[C@@H](COC(=O)CCCCCCCCCCCCC(C)CC)OC(=O)CCCCCCCCCCCCCCC(C)C. The molecule has 0 bridgehead atoms. The molecule has 0 aliphatic rings. The zero-order chi connectivity index (χ0) is 62.2. The normalized spacial score (nSPS) is 14.6. The number of carbonyl (C=O) groups is 4. The van der Waals surface area contributed by atoms with E-state index in [0.29, 0.717) is 25.7 Å². The monoisotopic (exact) mass is 1240 g/mol. The first-order valence-corrected chi connectivity index (χ1v) is 37.0. The summed E-state index contributed by atoms with van der Waals surface area (Å²) < 4.78 is 67.9. The van der Waals surface area contributed by atoms with Gasteiger partial charge in [-0.25, -0.2) is 9.13 Å². The van der Waals surface area contributed by atoms with E-state index < -0.39 is 97.5 Å². The van der Waals surface area contributed by atoms with Crippen LogP contribution in [0.5, 0.6) is 0 Å². The van der Waals surface area contributed by atoms with Gasteiger partial charge in [-0.2, -0.15) is 0 Å². The summed E-state index contributed by atoms with van der Waals surface area (Å²) in [5, 5.41) is 10.5. The molecule has 0 fully saturated rings. The summed E-state index contributed by atoms with van der Waals surface area (Å²) in [5.41, 5.74) is 0. The summed E-state index contributed by atoms with van der Waals surface area (Å²) in [7, 11) is -9.88. The Balaban J connectivity index is 5.20. The Bertz CT molecular complexity index is 1650. The number of rotatable bonds is 64. The van der Waals surface area contributed by atoms with Gasteiger partial charge in [-0.05, 0) is 37.5 Å². The van der Waals surface area contributed by atoms with E-state index >= 15 is 0 Å². The number of ether oxygens (including phenoxy) is 4. The fourth-order valence-corrected chi connectivity index (χ4v) is 11.3. The van der Waals surface area contributed by atoms with Crippen LogP contribution in [0.2, 0.25) is 0 Å². The molecular weight excluding hydrogens is 1110 g/mol. The maximum atomic E-state index is 13.0. The van der Waals surface area contributed by atoms with Crippen LogP contribution in [0.4, 0.5) is 0 Å². The van der Waals surface area contributed by atoms with Gasteiger partial charge >= 0.3 is 39.5 Å². The Kier molecular flexibility index (Phi) is 56.2. The molecule has 0 heterocycles. The number of unbranched alkanes of at least 4 members (excludes halogenated alkanes) is 33. The standard InChI is InChI=1S/C65H126O17P2/c1-7-10-12-14-16-30-37-43-49-64(69)81-60(53-75-62(67)47-41-35-27-15-13-11-8-2)55-79-83(71,72)77-51-59(66)52-78-84(73,74)80-56-61(54-76-63(68)48-42-36-31-25-22-21-24-29-34-40-46-58(6)9-3)82-65(70)50-44-38-32-26-20-18-17-19-23-28-33-39-45-57(4)5/h57-61,66H,7-56H2,1-6H3,(H,71,72)(H,73,74)/t58?,59-,60+,61+/m0/s1. The van der Waals surface area contributed by atoms with Gasteiger partial charge < -0.3 is 33.8 Å². The first-order chi connectivity index (χ1) is 40.4. The fourth-order valence-electron chi connectivity index (χ4n) is 9.68. The Labute approximate surface area is 511 Å². The molecule has 3 unspecified atom stereocenters. The molecule has 17 nitrogen and oxygen atoms in total. The van der Waals surface area contributed by atoms with E-state index in [1.54, 1.807) is 0 Å². The Morgan fingerprint density at radius 3 is 0.905 bits per heavy atom. The predicted octanol–water partition coefficient (Wildman–Crippen LogP) is 18.0. The van der Waals surface area contributed by atoms with Gasteiger partial charge in [0, 0.05) is 25.7 Å². The van der Waals surface area contributed by atoms with Crippen LogP contribution in [-0.4, -0.2) is 96.7 Å². The predicted molar refractivity (Wildman–Crippen MR) is 335 cm³/mol. The average Bonchev–Trinajstić information content (AvgIpc) is 3.64. The highest BCUT2D eigenvalue weighted by Crippen LogP contribution is 2.45. The smallest absolute Gasteiger partial charge is 0.462 e. The number of aliphatic hydroxyl groups is 1. The van der Waals surface area contributed by atoms with E-state index in [9.17, 15) is 43.2 Å². The molecule has 0 aromatic carbocycles. The Morgan fingerprint density at radius 2 is 0.607 bits per heavy atom. The molecule has 6 atom stereocenters. The summed E-state index contributed by atoms with van der Waals surface area (Å²) in [4.78, 5) is 72.1. The minimum absolute atomic E-state index is 0.104. The first kappa shape index (κ1) is 82.1. The van der Waals surface area contributed by atoms with E-state index in [-0.39, 0.29) is 25.7 Å². The van der Waals surface area contributed by atoms with Crippen LogP contribution in [0, 0.1) is 11.8 Å². The lowest BCUT2D eigenvalue weighted by Gasteiger charge is -2.21. The van der Waals surface area contributed by atoms with Crippen LogP contribution in [0.1, 0.15) is 324 Å². The number of carbonyl (C=O) groups excluding carboxylic acids is 4. The van der Waals surface area contributed by atoms with Crippen molar-refractivity contribution in [3.8, 4) is 0 Å². The van der Waals surface area contributed by atoms with Crippen molar-refractivity contribution in [2.75, 3.05) is 39.6 Å². The summed E-state index contributed by atoms with van der Waals surface area (Å²) >= 11 is 0. The fraction of sp³-hybridized carbons (Fsp3) is 0.938. The summed E-state index contributed by atoms with van der Waals surface area (Å²) in [6.07, 6.45) is 40.4. The zero-order valence-corrected chi connectivity index (χ0v) is 56.0. The van der Waals surface area contributed by atoms with Gasteiger partial charge in [0.25, 0.3) is 0 Å². The third-order valence-corrected chi connectivity index (χ3v) is 17.2. The average molecular weight is 1240 g/mol. The maximum Gasteiger partial charge on any atom is 0.472 e. The van der Waals surface area contributed by atoms with Crippen LogP contribution in [0.3, 0.4) is 0 Å². The lowest BCUT2D eigenvalue weighted by molar-refractivity contribution is -0.161. The van der Waals surface area contributed by atoms with Crippen molar-refractivity contribution in [1.29, 1.82) is 0 Å². The number of hydrogen-bond acceptors (Lipinski definition) is 15. The van der Waals surface area contributed by atoms with Crippen LogP contribution in [0.15, 0.2) is 0 Å². The Morgan fingerprint density at radius 1 is 0.345 bits per heavy atom. The number of aliphatic hydroxyl groups excluding tert-OH is 1. The highest BCUT2D eigenvalue weighted by Gasteiger charge is 2.30. The van der Waals surface area contributed by atoms with Gasteiger partial charge in [-0.3, -0.25) is 37.3 Å². The molecule has 498 valence electrons. The molecule has 0 spiro atoms. The van der Waals surface area contributed by atoms with Crippen LogP contribution < -0.4 is 0 Å².